The number of oxazole rings is 1. The number of nitrogens with zero attached hydrogens (tertiary/aromatic N) is 3. The van der Waals surface area contributed by atoms with Gasteiger partial charge < -0.3 is 15.1 Å². The number of aromatic nitrogens is 3. The number of amides is 2. The van der Waals surface area contributed by atoms with Gasteiger partial charge in [-0.2, -0.15) is 13.2 Å². The number of pyridine rings is 2. The van der Waals surface area contributed by atoms with Gasteiger partial charge in [-0.3, -0.25) is 19.6 Å². The van der Waals surface area contributed by atoms with E-state index in [1.807, 2.05) is 13.8 Å². The van der Waals surface area contributed by atoms with E-state index in [4.69, 9.17) is 4.42 Å². The van der Waals surface area contributed by atoms with Crippen LogP contribution in [0.15, 0.2) is 71.4 Å². The highest BCUT2D eigenvalue weighted by atomic mass is 19.4. The third kappa shape index (κ3) is 6.18. The van der Waals surface area contributed by atoms with Crippen LogP contribution in [0.5, 0.6) is 0 Å². The van der Waals surface area contributed by atoms with Crippen molar-refractivity contribution >= 4 is 17.5 Å². The molecule has 4 aromatic rings. The molecule has 1 aromatic carbocycles. The van der Waals surface area contributed by atoms with E-state index in [0.29, 0.717) is 29.3 Å². The minimum absolute atomic E-state index is 0.0569. The van der Waals surface area contributed by atoms with E-state index in [-0.39, 0.29) is 17.3 Å². The lowest BCUT2D eigenvalue weighted by molar-refractivity contribution is -0.141. The Balaban J connectivity index is 1.49. The summed E-state index contributed by atoms with van der Waals surface area (Å²) in [4.78, 5) is 36.4. The fourth-order valence-electron chi connectivity index (χ4n) is 3.28. The molecule has 11 heteroatoms. The highest BCUT2D eigenvalue weighted by Gasteiger charge is 2.41. The van der Waals surface area contributed by atoms with Gasteiger partial charge in [-0.25, -0.2) is 4.98 Å². The molecule has 0 unspecified atom stereocenters. The van der Waals surface area contributed by atoms with Crippen LogP contribution in [0.1, 0.15) is 40.5 Å². The fraction of sp³-hybridized carbons (Fsp3) is 0.192. The second-order valence-corrected chi connectivity index (χ2v) is 8.48. The molecule has 2 N–H and O–H groups in total. The molecule has 0 radical (unpaired) electrons. The molecule has 0 saturated carbocycles. The first kappa shape index (κ1) is 25.5. The van der Waals surface area contributed by atoms with Gasteiger partial charge in [-0.1, -0.05) is 32.0 Å². The molecular formula is C26H22F3N5O3. The zero-order chi connectivity index (χ0) is 26.6. The molecule has 0 aliphatic carbocycles. The monoisotopic (exact) mass is 509 g/mol. The maximum atomic E-state index is 13.5. The second kappa shape index (κ2) is 10.6. The first-order chi connectivity index (χ1) is 17.6. The molecule has 0 saturated heterocycles. The largest absolute Gasteiger partial charge is 0.437 e. The van der Waals surface area contributed by atoms with Crippen molar-refractivity contribution in [1.29, 1.82) is 0 Å². The van der Waals surface area contributed by atoms with Gasteiger partial charge in [0.2, 0.25) is 11.7 Å². The van der Waals surface area contributed by atoms with E-state index in [1.54, 1.807) is 42.5 Å². The predicted octanol–water partition coefficient (Wildman–Crippen LogP) is 5.46. The van der Waals surface area contributed by atoms with Gasteiger partial charge in [0, 0.05) is 23.9 Å². The Morgan fingerprint density at radius 2 is 1.70 bits per heavy atom. The molecular weight excluding hydrogens is 487 g/mol. The second-order valence-electron chi connectivity index (χ2n) is 8.48. The first-order valence-electron chi connectivity index (χ1n) is 11.3. The van der Waals surface area contributed by atoms with Gasteiger partial charge in [-0.15, -0.1) is 0 Å². The van der Waals surface area contributed by atoms with Crippen LogP contribution in [-0.2, 0) is 6.18 Å². The van der Waals surface area contributed by atoms with Gasteiger partial charge in [0.25, 0.3) is 11.8 Å². The van der Waals surface area contributed by atoms with Crippen molar-refractivity contribution in [3.63, 3.8) is 0 Å². The lowest BCUT2D eigenvalue weighted by Crippen LogP contribution is -2.27. The number of rotatable bonds is 7. The molecule has 0 atom stereocenters. The third-order valence-electron chi connectivity index (χ3n) is 5.12. The minimum atomic E-state index is -4.91. The number of alkyl halides is 3. The van der Waals surface area contributed by atoms with E-state index in [0.717, 1.165) is 0 Å². The zero-order valence-corrected chi connectivity index (χ0v) is 19.8. The molecule has 3 heterocycles. The van der Waals surface area contributed by atoms with E-state index in [1.165, 1.54) is 24.5 Å². The highest BCUT2D eigenvalue weighted by Crippen LogP contribution is 2.34. The van der Waals surface area contributed by atoms with Gasteiger partial charge >= 0.3 is 6.18 Å². The highest BCUT2D eigenvalue weighted by molar-refractivity contribution is 6.03. The summed E-state index contributed by atoms with van der Waals surface area (Å²) in [6.45, 7) is 4.57. The van der Waals surface area contributed by atoms with E-state index in [9.17, 15) is 22.8 Å². The first-order valence-corrected chi connectivity index (χ1v) is 11.3. The van der Waals surface area contributed by atoms with Crippen LogP contribution in [0, 0.1) is 5.92 Å². The van der Waals surface area contributed by atoms with Gasteiger partial charge in [0.15, 0.2) is 5.69 Å². The van der Waals surface area contributed by atoms with Crippen LogP contribution in [-0.4, -0.2) is 33.3 Å². The number of hydrogen-bond acceptors (Lipinski definition) is 6. The zero-order valence-electron chi connectivity index (χ0n) is 19.8. The number of hydrogen-bond donors (Lipinski definition) is 2. The van der Waals surface area contributed by atoms with Crippen molar-refractivity contribution in [3.8, 4) is 22.8 Å². The molecule has 4 rings (SSSR count). The number of nitrogens with one attached hydrogen (secondary N) is 2. The van der Waals surface area contributed by atoms with Crippen LogP contribution in [0.25, 0.3) is 22.8 Å². The summed E-state index contributed by atoms with van der Waals surface area (Å²) in [5.74, 6) is -2.38. The Labute approximate surface area is 210 Å². The molecule has 3 aromatic heterocycles. The van der Waals surface area contributed by atoms with Gasteiger partial charge in [0.05, 0.1) is 17.6 Å². The van der Waals surface area contributed by atoms with Crippen LogP contribution < -0.4 is 10.6 Å². The number of halogens is 3. The van der Waals surface area contributed by atoms with Crippen molar-refractivity contribution < 1.29 is 27.2 Å². The third-order valence-corrected chi connectivity index (χ3v) is 5.12. The molecule has 0 fully saturated rings. The van der Waals surface area contributed by atoms with Crippen LogP contribution in [0.3, 0.4) is 0 Å². The maximum Gasteiger partial charge on any atom is 0.437 e. The molecule has 0 bridgehead atoms. The maximum absolute atomic E-state index is 13.5. The van der Waals surface area contributed by atoms with Crippen LogP contribution in [0.2, 0.25) is 0 Å². The van der Waals surface area contributed by atoms with Gasteiger partial charge in [0.1, 0.15) is 5.69 Å². The van der Waals surface area contributed by atoms with Crippen molar-refractivity contribution in [3.05, 3.63) is 84.0 Å². The Morgan fingerprint density at radius 3 is 2.30 bits per heavy atom. The predicted molar refractivity (Wildman–Crippen MR) is 130 cm³/mol. The van der Waals surface area contributed by atoms with Crippen molar-refractivity contribution in [2.75, 3.05) is 11.9 Å². The average molecular weight is 509 g/mol. The normalized spacial score (nSPS) is 11.4. The Kier molecular flexibility index (Phi) is 7.32. The quantitative estimate of drug-likeness (QED) is 0.343. The van der Waals surface area contributed by atoms with Crippen LogP contribution in [0.4, 0.5) is 18.9 Å². The van der Waals surface area contributed by atoms with Crippen LogP contribution >= 0.6 is 0 Å². The van der Waals surface area contributed by atoms with E-state index in [2.05, 4.69) is 25.6 Å². The summed E-state index contributed by atoms with van der Waals surface area (Å²) >= 11 is 0. The standard InChI is InChI=1S/C26H22F3N5O3/c1-15(2)13-32-23(35)17-8-6-16(7-9-17)19-11-10-18(14-31-19)33-24(36)21-22(26(27,28)29)34-25(37-21)20-5-3-4-12-30-20/h3-12,14-15H,13H2,1-2H3,(H,32,35)(H,33,36). The molecule has 0 aliphatic rings. The Morgan fingerprint density at radius 1 is 0.946 bits per heavy atom. The number of benzene rings is 1. The summed E-state index contributed by atoms with van der Waals surface area (Å²) in [6, 6.07) is 14.4. The average Bonchev–Trinajstić information content (AvgIpc) is 3.35. The Hall–Kier alpha value is -4.54. The van der Waals surface area contributed by atoms with Crippen molar-refractivity contribution in [1.82, 2.24) is 20.3 Å². The molecule has 0 spiro atoms. The lowest BCUT2D eigenvalue weighted by Gasteiger charge is -2.09. The Bertz CT molecular complexity index is 1380. The summed E-state index contributed by atoms with van der Waals surface area (Å²) in [6.07, 6.45) is -2.24. The molecule has 8 nitrogen and oxygen atoms in total. The molecule has 0 aliphatic heterocycles. The summed E-state index contributed by atoms with van der Waals surface area (Å²) in [5, 5.41) is 5.19. The topological polar surface area (TPSA) is 110 Å². The number of carbonyl (C=O) groups excluding carboxylic acids is 2. The molecule has 2 amide bonds. The minimum Gasteiger partial charge on any atom is -0.429 e. The number of anilines is 1. The smallest absolute Gasteiger partial charge is 0.429 e. The van der Waals surface area contributed by atoms with Crippen molar-refractivity contribution in [2.45, 2.75) is 20.0 Å². The molecule has 37 heavy (non-hydrogen) atoms. The SMILES string of the molecule is CC(C)CNC(=O)c1ccc(-c2ccc(NC(=O)c3oc(-c4ccccn4)nc3C(F)(F)F)cn2)cc1. The summed E-state index contributed by atoms with van der Waals surface area (Å²) in [5.41, 5.74) is 0.524. The fourth-order valence-corrected chi connectivity index (χ4v) is 3.28. The van der Waals surface area contributed by atoms with E-state index >= 15 is 0 Å². The molecule has 190 valence electrons. The lowest BCUT2D eigenvalue weighted by atomic mass is 10.1. The van der Waals surface area contributed by atoms with Gasteiger partial charge in [-0.05, 0) is 42.3 Å². The summed E-state index contributed by atoms with van der Waals surface area (Å²) < 4.78 is 45.7. The van der Waals surface area contributed by atoms with Crippen molar-refractivity contribution in [2.24, 2.45) is 5.92 Å². The van der Waals surface area contributed by atoms with E-state index < -0.39 is 29.4 Å². The number of carbonyl (C=O) groups is 2. The summed E-state index contributed by atoms with van der Waals surface area (Å²) in [7, 11) is 0.